The largest absolute Gasteiger partial charge is 0.416 e. The fourth-order valence-electron chi connectivity index (χ4n) is 3.81. The summed E-state index contributed by atoms with van der Waals surface area (Å²) in [5.74, 6) is 0.513. The highest BCUT2D eigenvalue weighted by Gasteiger charge is 2.31. The van der Waals surface area contributed by atoms with Crippen LogP contribution in [0.1, 0.15) is 11.1 Å². The smallest absolute Gasteiger partial charge is 0.368 e. The van der Waals surface area contributed by atoms with E-state index < -0.39 is 11.7 Å². The number of likely N-dealkylation sites (N-methyl/N-ethyl adjacent to an activating group) is 1. The lowest BCUT2D eigenvalue weighted by Gasteiger charge is -2.35. The minimum absolute atomic E-state index is 0. The van der Waals surface area contributed by atoms with Crippen molar-refractivity contribution in [1.29, 1.82) is 0 Å². The zero-order valence-corrected chi connectivity index (χ0v) is 19.3. The zero-order valence-electron chi connectivity index (χ0n) is 17.6. The van der Waals surface area contributed by atoms with Gasteiger partial charge in [-0.2, -0.15) is 13.2 Å². The SMILES string of the molecule is CN1CCN(c2ccccc2/C=C2\SCCN(c3ccc(C(F)(F)F)cc3)C2=O)CC1.Cl. The molecule has 172 valence electrons. The topological polar surface area (TPSA) is 26.8 Å². The van der Waals surface area contributed by atoms with Gasteiger partial charge in [0.15, 0.2) is 0 Å². The molecule has 2 aliphatic heterocycles. The monoisotopic (exact) mass is 483 g/mol. The number of hydrogen-bond donors (Lipinski definition) is 0. The minimum atomic E-state index is -4.39. The molecule has 0 N–H and O–H groups in total. The molecule has 9 heteroatoms. The third-order valence-corrected chi connectivity index (χ3v) is 6.59. The van der Waals surface area contributed by atoms with Crippen LogP contribution in [0.15, 0.2) is 53.4 Å². The Morgan fingerprint density at radius 2 is 1.59 bits per heavy atom. The molecule has 32 heavy (non-hydrogen) atoms. The number of carbonyl (C=O) groups excluding carboxylic acids is 1. The van der Waals surface area contributed by atoms with Gasteiger partial charge < -0.3 is 14.7 Å². The van der Waals surface area contributed by atoms with Crippen molar-refractivity contribution in [1.82, 2.24) is 4.90 Å². The van der Waals surface area contributed by atoms with E-state index in [-0.39, 0.29) is 18.3 Å². The number of rotatable bonds is 3. The maximum absolute atomic E-state index is 13.1. The standard InChI is InChI=1S/C23H24F3N3OS.ClH/c1-27-10-12-28(13-11-27)20-5-3-2-4-17(20)16-21-22(30)29(14-15-31-21)19-8-6-18(7-9-19)23(24,25)26;/h2-9,16H,10-15H2,1H3;1H/b21-16-;. The van der Waals surface area contributed by atoms with Crippen LogP contribution < -0.4 is 9.80 Å². The van der Waals surface area contributed by atoms with Crippen LogP contribution in [-0.2, 0) is 11.0 Å². The first-order valence-corrected chi connectivity index (χ1v) is 11.2. The Kier molecular flexibility index (Phi) is 7.79. The van der Waals surface area contributed by atoms with E-state index in [1.165, 1.54) is 23.9 Å². The average Bonchev–Trinajstić information content (AvgIpc) is 2.76. The van der Waals surface area contributed by atoms with Gasteiger partial charge in [-0.15, -0.1) is 24.2 Å². The van der Waals surface area contributed by atoms with Gasteiger partial charge in [-0.05, 0) is 49.0 Å². The van der Waals surface area contributed by atoms with Crippen LogP contribution in [-0.4, -0.2) is 56.3 Å². The minimum Gasteiger partial charge on any atom is -0.368 e. The lowest BCUT2D eigenvalue weighted by molar-refractivity contribution is -0.137. The third kappa shape index (κ3) is 5.42. The van der Waals surface area contributed by atoms with Gasteiger partial charge in [0.05, 0.1) is 10.5 Å². The molecular formula is C23H25ClF3N3OS. The number of thioether (sulfide) groups is 1. The van der Waals surface area contributed by atoms with Crippen molar-refractivity contribution >= 4 is 47.5 Å². The fourth-order valence-corrected chi connectivity index (χ4v) is 4.75. The number of piperazine rings is 1. The molecule has 4 rings (SSSR count). The lowest BCUT2D eigenvalue weighted by Crippen LogP contribution is -2.44. The van der Waals surface area contributed by atoms with Crippen LogP contribution in [0.25, 0.3) is 6.08 Å². The van der Waals surface area contributed by atoms with Gasteiger partial charge in [0, 0.05) is 49.9 Å². The molecule has 4 nitrogen and oxygen atoms in total. The van der Waals surface area contributed by atoms with Crippen LogP contribution in [0.2, 0.25) is 0 Å². The van der Waals surface area contributed by atoms with Gasteiger partial charge in [0.1, 0.15) is 0 Å². The second-order valence-electron chi connectivity index (χ2n) is 7.71. The van der Waals surface area contributed by atoms with Gasteiger partial charge in [-0.3, -0.25) is 4.79 Å². The number of amides is 1. The summed E-state index contributed by atoms with van der Waals surface area (Å²) in [6.07, 6.45) is -2.48. The molecule has 2 aliphatic rings. The van der Waals surface area contributed by atoms with Crippen LogP contribution in [0, 0.1) is 0 Å². The van der Waals surface area contributed by atoms with E-state index in [1.807, 2.05) is 24.3 Å². The first-order valence-electron chi connectivity index (χ1n) is 10.2. The predicted octanol–water partition coefficient (Wildman–Crippen LogP) is 5.00. The molecule has 0 saturated carbocycles. The number of para-hydroxylation sites is 1. The van der Waals surface area contributed by atoms with Crippen molar-refractivity contribution < 1.29 is 18.0 Å². The van der Waals surface area contributed by atoms with Crippen molar-refractivity contribution in [3.8, 4) is 0 Å². The summed E-state index contributed by atoms with van der Waals surface area (Å²) in [6, 6.07) is 12.8. The maximum atomic E-state index is 13.1. The van der Waals surface area contributed by atoms with E-state index in [1.54, 1.807) is 4.90 Å². The van der Waals surface area contributed by atoms with Gasteiger partial charge in [0.25, 0.3) is 5.91 Å². The lowest BCUT2D eigenvalue weighted by atomic mass is 10.1. The summed E-state index contributed by atoms with van der Waals surface area (Å²) < 4.78 is 38.6. The highest BCUT2D eigenvalue weighted by molar-refractivity contribution is 8.04. The van der Waals surface area contributed by atoms with Gasteiger partial charge in [0.2, 0.25) is 0 Å². The Balaban J connectivity index is 0.00000289. The third-order valence-electron chi connectivity index (χ3n) is 5.60. The van der Waals surface area contributed by atoms with Gasteiger partial charge in [-0.1, -0.05) is 18.2 Å². The summed E-state index contributed by atoms with van der Waals surface area (Å²) in [5.41, 5.74) is 1.85. The first-order chi connectivity index (χ1) is 14.8. The molecule has 2 fully saturated rings. The molecule has 0 unspecified atom stereocenters. The number of nitrogens with zero attached hydrogens (tertiary/aromatic N) is 3. The van der Waals surface area contributed by atoms with Crippen LogP contribution in [0.5, 0.6) is 0 Å². The molecule has 1 amide bonds. The van der Waals surface area contributed by atoms with Crippen molar-refractivity contribution in [3.05, 3.63) is 64.6 Å². The molecule has 2 aromatic carbocycles. The summed E-state index contributed by atoms with van der Waals surface area (Å²) in [6.45, 7) is 4.29. The molecule has 0 aliphatic carbocycles. The van der Waals surface area contributed by atoms with E-state index in [2.05, 4.69) is 22.9 Å². The molecule has 2 heterocycles. The van der Waals surface area contributed by atoms with Crippen LogP contribution in [0.4, 0.5) is 24.5 Å². The Hall–Kier alpha value is -2.16. The van der Waals surface area contributed by atoms with Crippen molar-refractivity contribution in [2.24, 2.45) is 0 Å². The van der Waals surface area contributed by atoms with E-state index in [0.717, 1.165) is 49.6 Å². The van der Waals surface area contributed by atoms with Crippen molar-refractivity contribution in [2.45, 2.75) is 6.18 Å². The zero-order chi connectivity index (χ0) is 22.0. The quantitative estimate of drug-likeness (QED) is 0.574. The Morgan fingerprint density at radius 3 is 2.25 bits per heavy atom. The molecule has 0 bridgehead atoms. The molecular weight excluding hydrogens is 459 g/mol. The van der Waals surface area contributed by atoms with Gasteiger partial charge >= 0.3 is 6.18 Å². The molecule has 2 aromatic rings. The molecule has 0 atom stereocenters. The van der Waals surface area contributed by atoms with E-state index in [0.29, 0.717) is 22.9 Å². The Morgan fingerprint density at radius 1 is 0.938 bits per heavy atom. The Labute approximate surface area is 196 Å². The molecule has 2 saturated heterocycles. The normalized spacial score (nSPS) is 19.2. The fraction of sp³-hybridized carbons (Fsp3) is 0.348. The van der Waals surface area contributed by atoms with Crippen LogP contribution >= 0.6 is 24.2 Å². The number of hydrogen-bond acceptors (Lipinski definition) is 4. The Bertz CT molecular complexity index is 973. The van der Waals surface area contributed by atoms with Crippen LogP contribution in [0.3, 0.4) is 0 Å². The first kappa shape index (κ1) is 24.5. The predicted molar refractivity (Wildman–Crippen MR) is 128 cm³/mol. The van der Waals surface area contributed by atoms with E-state index >= 15 is 0 Å². The second kappa shape index (κ2) is 10.2. The number of halogens is 4. The average molecular weight is 484 g/mol. The highest BCUT2D eigenvalue weighted by Crippen LogP contribution is 2.34. The molecule has 0 spiro atoms. The van der Waals surface area contributed by atoms with E-state index in [9.17, 15) is 18.0 Å². The molecule has 0 radical (unpaired) electrons. The van der Waals surface area contributed by atoms with E-state index in [4.69, 9.17) is 0 Å². The number of carbonyl (C=O) groups is 1. The summed E-state index contributed by atoms with van der Waals surface area (Å²) in [5, 5.41) is 0. The molecule has 0 aromatic heterocycles. The second-order valence-corrected chi connectivity index (χ2v) is 8.84. The highest BCUT2D eigenvalue weighted by atomic mass is 35.5. The number of benzene rings is 2. The van der Waals surface area contributed by atoms with Gasteiger partial charge in [-0.25, -0.2) is 0 Å². The van der Waals surface area contributed by atoms with Crippen molar-refractivity contribution in [3.63, 3.8) is 0 Å². The summed E-state index contributed by atoms with van der Waals surface area (Å²) >= 11 is 1.49. The number of alkyl halides is 3. The van der Waals surface area contributed by atoms with Crippen molar-refractivity contribution in [2.75, 3.05) is 55.3 Å². The summed E-state index contributed by atoms with van der Waals surface area (Å²) in [7, 11) is 2.11. The summed E-state index contributed by atoms with van der Waals surface area (Å²) in [4.78, 5) is 19.9. The number of anilines is 2. The maximum Gasteiger partial charge on any atom is 0.416 e.